The number of aryl methyl sites for hydroxylation is 1. The zero-order valence-corrected chi connectivity index (χ0v) is 23.5. The molecule has 5 nitrogen and oxygen atoms in total. The molecule has 2 atom stereocenters. The smallest absolute Gasteiger partial charge is 0.258 e. The standard InChI is InChI=1S/C30H43N3O2S/c1-6-20-12-8-9-14-24(20)31-28(35)27-23-16-15-21(30(3,4)5)18-25(23)36-29(27)32-26(34)19-33-17-11-10-13-22(33)7-2/h8-9,12,14,21-22H,6-7,10-11,13,15-19H2,1-5H3,(H,31,35)(H,32,34)/t21-,22-/m0/s1. The van der Waals surface area contributed by atoms with Gasteiger partial charge in [0, 0.05) is 16.6 Å². The van der Waals surface area contributed by atoms with Gasteiger partial charge < -0.3 is 10.6 Å². The molecule has 1 saturated heterocycles. The van der Waals surface area contributed by atoms with Crippen molar-refractivity contribution in [1.29, 1.82) is 0 Å². The molecule has 1 aliphatic heterocycles. The van der Waals surface area contributed by atoms with Crippen LogP contribution in [0.25, 0.3) is 0 Å². The molecule has 6 heteroatoms. The van der Waals surface area contributed by atoms with Crippen molar-refractivity contribution in [1.82, 2.24) is 4.90 Å². The summed E-state index contributed by atoms with van der Waals surface area (Å²) in [7, 11) is 0. The van der Waals surface area contributed by atoms with Crippen LogP contribution in [0, 0.1) is 11.3 Å². The Kier molecular flexibility index (Phi) is 8.56. The third kappa shape index (κ3) is 6.03. The Labute approximate surface area is 221 Å². The Balaban J connectivity index is 1.61. The van der Waals surface area contributed by atoms with Crippen LogP contribution in [-0.2, 0) is 24.1 Å². The second-order valence-corrected chi connectivity index (χ2v) is 12.7. The van der Waals surface area contributed by atoms with Crippen LogP contribution in [0.5, 0.6) is 0 Å². The third-order valence-corrected chi connectivity index (χ3v) is 9.35. The van der Waals surface area contributed by atoms with E-state index >= 15 is 0 Å². The van der Waals surface area contributed by atoms with Gasteiger partial charge in [-0.3, -0.25) is 14.5 Å². The number of piperidine rings is 1. The molecule has 1 aromatic carbocycles. The number of hydrogen-bond acceptors (Lipinski definition) is 4. The lowest BCUT2D eigenvalue weighted by Crippen LogP contribution is -2.43. The number of carbonyl (C=O) groups excluding carboxylic acids is 2. The summed E-state index contributed by atoms with van der Waals surface area (Å²) in [5.74, 6) is 0.453. The Bertz CT molecular complexity index is 1080. The highest BCUT2D eigenvalue weighted by Crippen LogP contribution is 2.44. The van der Waals surface area contributed by atoms with E-state index in [0.717, 1.165) is 73.3 Å². The van der Waals surface area contributed by atoms with Crippen molar-refractivity contribution >= 4 is 33.8 Å². The van der Waals surface area contributed by atoms with Crippen LogP contribution in [-0.4, -0.2) is 35.8 Å². The minimum Gasteiger partial charge on any atom is -0.322 e. The molecule has 0 radical (unpaired) electrons. The molecule has 2 aromatic rings. The van der Waals surface area contributed by atoms with Crippen molar-refractivity contribution in [3.05, 3.63) is 45.8 Å². The third-order valence-electron chi connectivity index (χ3n) is 8.18. The zero-order valence-electron chi connectivity index (χ0n) is 22.7. The molecule has 36 heavy (non-hydrogen) atoms. The Morgan fingerprint density at radius 2 is 1.86 bits per heavy atom. The molecular formula is C30H43N3O2S. The quantitative estimate of drug-likeness (QED) is 0.426. The summed E-state index contributed by atoms with van der Waals surface area (Å²) in [4.78, 5) is 30.5. The predicted octanol–water partition coefficient (Wildman–Crippen LogP) is 6.92. The number of thiophene rings is 1. The van der Waals surface area contributed by atoms with Crippen molar-refractivity contribution in [3.8, 4) is 0 Å². The van der Waals surface area contributed by atoms with Crippen LogP contribution in [0.1, 0.15) is 93.1 Å². The lowest BCUT2D eigenvalue weighted by molar-refractivity contribution is -0.118. The highest BCUT2D eigenvalue weighted by Gasteiger charge is 2.34. The highest BCUT2D eigenvalue weighted by molar-refractivity contribution is 7.17. The number of hydrogen-bond donors (Lipinski definition) is 2. The van der Waals surface area contributed by atoms with E-state index in [2.05, 4.69) is 56.2 Å². The number of carbonyl (C=O) groups is 2. The van der Waals surface area contributed by atoms with Gasteiger partial charge in [-0.1, -0.05) is 59.2 Å². The van der Waals surface area contributed by atoms with Gasteiger partial charge >= 0.3 is 0 Å². The van der Waals surface area contributed by atoms with Gasteiger partial charge in [-0.2, -0.15) is 0 Å². The van der Waals surface area contributed by atoms with Crippen LogP contribution < -0.4 is 10.6 Å². The minimum absolute atomic E-state index is 0.00988. The van der Waals surface area contributed by atoms with Crippen molar-refractivity contribution in [2.75, 3.05) is 23.7 Å². The van der Waals surface area contributed by atoms with Crippen LogP contribution in [0.4, 0.5) is 10.7 Å². The molecule has 0 unspecified atom stereocenters. The molecule has 0 bridgehead atoms. The number of amides is 2. The maximum Gasteiger partial charge on any atom is 0.258 e. The first-order chi connectivity index (χ1) is 17.2. The molecule has 1 aliphatic carbocycles. The van der Waals surface area contributed by atoms with Gasteiger partial charge in [-0.15, -0.1) is 11.3 Å². The van der Waals surface area contributed by atoms with E-state index in [0.29, 0.717) is 24.1 Å². The lowest BCUT2D eigenvalue weighted by atomic mass is 9.72. The highest BCUT2D eigenvalue weighted by atomic mass is 32.1. The molecular weight excluding hydrogens is 466 g/mol. The number of rotatable bonds is 7. The molecule has 2 aliphatic rings. The van der Waals surface area contributed by atoms with Gasteiger partial charge in [-0.25, -0.2) is 0 Å². The first-order valence-electron chi connectivity index (χ1n) is 13.8. The van der Waals surface area contributed by atoms with Gasteiger partial charge in [0.25, 0.3) is 5.91 Å². The number of para-hydroxylation sites is 1. The SMILES string of the molecule is CCc1ccccc1NC(=O)c1c(NC(=O)CN2CCCC[C@@H]2CC)sc2c1CC[C@H](C(C)(C)C)C2. The summed E-state index contributed by atoms with van der Waals surface area (Å²) in [6.07, 6.45) is 8.39. The van der Waals surface area contributed by atoms with E-state index in [1.807, 2.05) is 18.2 Å². The number of anilines is 2. The van der Waals surface area contributed by atoms with Crippen LogP contribution in [0.15, 0.2) is 24.3 Å². The summed E-state index contributed by atoms with van der Waals surface area (Å²) < 4.78 is 0. The summed E-state index contributed by atoms with van der Waals surface area (Å²) in [6.45, 7) is 12.6. The summed E-state index contributed by atoms with van der Waals surface area (Å²) in [5, 5.41) is 7.08. The maximum atomic E-state index is 13.7. The fraction of sp³-hybridized carbons (Fsp3) is 0.600. The maximum absolute atomic E-state index is 13.7. The summed E-state index contributed by atoms with van der Waals surface area (Å²) in [6, 6.07) is 8.45. The number of fused-ring (bicyclic) bond motifs is 1. The summed E-state index contributed by atoms with van der Waals surface area (Å²) in [5.41, 5.74) is 3.99. The van der Waals surface area contributed by atoms with Crippen molar-refractivity contribution in [2.24, 2.45) is 11.3 Å². The van der Waals surface area contributed by atoms with E-state index in [9.17, 15) is 9.59 Å². The molecule has 2 amide bonds. The predicted molar refractivity (Wildman–Crippen MR) is 151 cm³/mol. The Morgan fingerprint density at radius 3 is 2.58 bits per heavy atom. The van der Waals surface area contributed by atoms with E-state index < -0.39 is 0 Å². The van der Waals surface area contributed by atoms with E-state index in [-0.39, 0.29) is 17.2 Å². The van der Waals surface area contributed by atoms with Gasteiger partial charge in [0.2, 0.25) is 5.91 Å². The first-order valence-corrected chi connectivity index (χ1v) is 14.6. The average Bonchev–Trinajstić information content (AvgIpc) is 3.21. The second kappa shape index (κ2) is 11.5. The lowest BCUT2D eigenvalue weighted by Gasteiger charge is -2.34. The average molecular weight is 510 g/mol. The first kappa shape index (κ1) is 26.9. The second-order valence-electron chi connectivity index (χ2n) is 11.6. The van der Waals surface area contributed by atoms with Gasteiger partial charge in [0.05, 0.1) is 12.1 Å². The fourth-order valence-corrected chi connectivity index (χ4v) is 7.21. The molecule has 1 fully saturated rings. The van der Waals surface area contributed by atoms with Crippen LogP contribution in [0.3, 0.4) is 0 Å². The largest absolute Gasteiger partial charge is 0.322 e. The molecule has 2 N–H and O–H groups in total. The van der Waals surface area contributed by atoms with Gasteiger partial charge in [-0.05, 0) is 80.0 Å². The van der Waals surface area contributed by atoms with E-state index in [1.165, 1.54) is 11.3 Å². The molecule has 196 valence electrons. The Morgan fingerprint density at radius 1 is 1.08 bits per heavy atom. The van der Waals surface area contributed by atoms with Crippen molar-refractivity contribution in [2.45, 2.75) is 92.0 Å². The van der Waals surface area contributed by atoms with E-state index in [4.69, 9.17) is 0 Å². The number of likely N-dealkylation sites (tertiary alicyclic amines) is 1. The molecule has 4 rings (SSSR count). The van der Waals surface area contributed by atoms with Crippen molar-refractivity contribution < 1.29 is 9.59 Å². The Hall–Kier alpha value is -2.18. The van der Waals surface area contributed by atoms with Gasteiger partial charge in [0.15, 0.2) is 0 Å². The number of benzene rings is 1. The van der Waals surface area contributed by atoms with Gasteiger partial charge in [0.1, 0.15) is 5.00 Å². The number of nitrogens with zero attached hydrogens (tertiary/aromatic N) is 1. The summed E-state index contributed by atoms with van der Waals surface area (Å²) >= 11 is 1.62. The molecule has 0 spiro atoms. The zero-order chi connectivity index (χ0) is 25.9. The monoisotopic (exact) mass is 509 g/mol. The topological polar surface area (TPSA) is 61.4 Å². The van der Waals surface area contributed by atoms with Crippen LogP contribution >= 0.6 is 11.3 Å². The normalized spacial score (nSPS) is 20.6. The minimum atomic E-state index is -0.109. The molecule has 2 heterocycles. The van der Waals surface area contributed by atoms with Crippen molar-refractivity contribution in [3.63, 3.8) is 0 Å². The van der Waals surface area contributed by atoms with Crippen LogP contribution in [0.2, 0.25) is 0 Å². The number of nitrogens with one attached hydrogen (secondary N) is 2. The van der Waals surface area contributed by atoms with E-state index in [1.54, 1.807) is 11.3 Å². The molecule has 1 aromatic heterocycles. The fourth-order valence-electron chi connectivity index (χ4n) is 5.87. The molecule has 0 saturated carbocycles.